The zero-order valence-electron chi connectivity index (χ0n) is 12.2. The van der Waals surface area contributed by atoms with Crippen molar-refractivity contribution in [3.8, 4) is 0 Å². The van der Waals surface area contributed by atoms with Crippen LogP contribution in [0.4, 0.5) is 11.4 Å². The van der Waals surface area contributed by atoms with Crippen molar-refractivity contribution < 1.29 is 9.59 Å². The summed E-state index contributed by atoms with van der Waals surface area (Å²) in [6, 6.07) is 7.33. The third kappa shape index (κ3) is 4.19. The molecule has 0 radical (unpaired) electrons. The van der Waals surface area contributed by atoms with Crippen molar-refractivity contribution >= 4 is 23.2 Å². The van der Waals surface area contributed by atoms with Gasteiger partial charge in [0, 0.05) is 24.0 Å². The van der Waals surface area contributed by atoms with E-state index in [1.165, 1.54) is 0 Å². The molecular formula is C15H22N4O2. The molecule has 5 N–H and O–H groups in total. The minimum absolute atomic E-state index is 0.113. The van der Waals surface area contributed by atoms with Crippen LogP contribution < -0.4 is 16.8 Å². The van der Waals surface area contributed by atoms with E-state index >= 15 is 0 Å². The number of nitrogens with one attached hydrogen (secondary N) is 1. The number of anilines is 2. The van der Waals surface area contributed by atoms with Gasteiger partial charge in [0.1, 0.15) is 0 Å². The second-order valence-corrected chi connectivity index (χ2v) is 5.63. The lowest BCUT2D eigenvalue weighted by Gasteiger charge is -2.36. The Morgan fingerprint density at radius 2 is 2.14 bits per heavy atom. The van der Waals surface area contributed by atoms with Crippen molar-refractivity contribution in [2.45, 2.75) is 25.8 Å². The number of piperidine rings is 1. The minimum Gasteiger partial charge on any atom is -0.399 e. The molecular weight excluding hydrogens is 268 g/mol. The lowest BCUT2D eigenvalue weighted by Crippen LogP contribution is -2.48. The Hall–Kier alpha value is -2.08. The highest BCUT2D eigenvalue weighted by Crippen LogP contribution is 2.21. The molecule has 1 fully saturated rings. The third-order valence-electron chi connectivity index (χ3n) is 3.93. The first kappa shape index (κ1) is 15.3. The van der Waals surface area contributed by atoms with Crippen LogP contribution in [0.15, 0.2) is 24.3 Å². The number of hydrogen-bond acceptors (Lipinski definition) is 4. The maximum absolute atomic E-state index is 12.1. The summed E-state index contributed by atoms with van der Waals surface area (Å²) in [5.41, 5.74) is 12.3. The Morgan fingerprint density at radius 3 is 2.81 bits per heavy atom. The molecule has 1 heterocycles. The molecule has 0 spiro atoms. The Bertz CT molecular complexity index is 532. The number of amides is 2. The van der Waals surface area contributed by atoms with E-state index in [-0.39, 0.29) is 30.3 Å². The van der Waals surface area contributed by atoms with Crippen LogP contribution in [0.5, 0.6) is 0 Å². The van der Waals surface area contributed by atoms with E-state index in [0.717, 1.165) is 12.8 Å². The van der Waals surface area contributed by atoms with Gasteiger partial charge < -0.3 is 16.8 Å². The summed E-state index contributed by atoms with van der Waals surface area (Å²) in [5, 5.41) is 2.82. The van der Waals surface area contributed by atoms with Gasteiger partial charge in [-0.05, 0) is 38.0 Å². The number of likely N-dealkylation sites (tertiary alicyclic amines) is 1. The van der Waals surface area contributed by atoms with E-state index in [2.05, 4.69) is 12.2 Å². The number of benzene rings is 1. The summed E-state index contributed by atoms with van der Waals surface area (Å²) in [6.45, 7) is 2.85. The first-order valence-corrected chi connectivity index (χ1v) is 7.14. The SMILES string of the molecule is CC1CCC(C(N)=O)CN1CC(=O)Nc1cccc(N)c1. The summed E-state index contributed by atoms with van der Waals surface area (Å²) in [4.78, 5) is 25.4. The van der Waals surface area contributed by atoms with Crippen LogP contribution >= 0.6 is 0 Å². The molecule has 114 valence electrons. The summed E-state index contributed by atoms with van der Waals surface area (Å²) in [7, 11) is 0. The van der Waals surface area contributed by atoms with Gasteiger partial charge in [0.05, 0.1) is 12.5 Å². The van der Waals surface area contributed by atoms with Gasteiger partial charge in [-0.2, -0.15) is 0 Å². The third-order valence-corrected chi connectivity index (χ3v) is 3.93. The van der Waals surface area contributed by atoms with Gasteiger partial charge in [0.15, 0.2) is 0 Å². The van der Waals surface area contributed by atoms with Crippen LogP contribution in [0.3, 0.4) is 0 Å². The zero-order valence-corrected chi connectivity index (χ0v) is 12.2. The first-order chi connectivity index (χ1) is 9.95. The number of primary amides is 1. The molecule has 6 nitrogen and oxygen atoms in total. The van der Waals surface area contributed by atoms with Crippen LogP contribution in [0.2, 0.25) is 0 Å². The monoisotopic (exact) mass is 290 g/mol. The van der Waals surface area contributed by atoms with E-state index < -0.39 is 0 Å². The van der Waals surface area contributed by atoms with E-state index in [1.807, 2.05) is 4.90 Å². The molecule has 1 aromatic carbocycles. The number of carbonyl (C=O) groups excluding carboxylic acids is 2. The summed E-state index contributed by atoms with van der Waals surface area (Å²) in [5.74, 6) is -0.568. The molecule has 1 aliphatic heterocycles. The second-order valence-electron chi connectivity index (χ2n) is 5.63. The number of nitrogens with two attached hydrogens (primary N) is 2. The van der Waals surface area contributed by atoms with Crippen molar-refractivity contribution in [1.29, 1.82) is 0 Å². The molecule has 6 heteroatoms. The van der Waals surface area contributed by atoms with Crippen molar-refractivity contribution in [2.24, 2.45) is 11.7 Å². The molecule has 0 bridgehead atoms. The Morgan fingerprint density at radius 1 is 1.38 bits per heavy atom. The Balaban J connectivity index is 1.93. The van der Waals surface area contributed by atoms with Crippen molar-refractivity contribution in [3.63, 3.8) is 0 Å². The molecule has 21 heavy (non-hydrogen) atoms. The maximum Gasteiger partial charge on any atom is 0.238 e. The molecule has 2 atom stereocenters. The quantitative estimate of drug-likeness (QED) is 0.714. The van der Waals surface area contributed by atoms with Crippen molar-refractivity contribution in [1.82, 2.24) is 4.90 Å². The Labute approximate surface area is 124 Å². The minimum atomic E-state index is -0.289. The standard InChI is InChI=1S/C15H22N4O2/c1-10-5-6-11(15(17)21)8-19(10)9-14(20)18-13-4-2-3-12(16)7-13/h2-4,7,10-11H,5-6,8-9,16H2,1H3,(H2,17,21)(H,18,20). The van der Waals surface area contributed by atoms with Gasteiger partial charge in [-0.3, -0.25) is 14.5 Å². The molecule has 0 saturated carbocycles. The van der Waals surface area contributed by atoms with Crippen molar-refractivity contribution in [2.75, 3.05) is 24.1 Å². The van der Waals surface area contributed by atoms with Crippen LogP contribution in [0.1, 0.15) is 19.8 Å². The smallest absolute Gasteiger partial charge is 0.238 e. The normalized spacial score (nSPS) is 22.7. The predicted octanol–water partition coefficient (Wildman–Crippen LogP) is 0.793. The first-order valence-electron chi connectivity index (χ1n) is 7.14. The maximum atomic E-state index is 12.1. The van der Waals surface area contributed by atoms with Gasteiger partial charge in [0.2, 0.25) is 11.8 Å². The van der Waals surface area contributed by atoms with Crippen LogP contribution in [-0.4, -0.2) is 35.8 Å². The fraction of sp³-hybridized carbons (Fsp3) is 0.467. The van der Waals surface area contributed by atoms with Gasteiger partial charge in [-0.1, -0.05) is 6.07 Å². The van der Waals surface area contributed by atoms with Crippen LogP contribution in [0.25, 0.3) is 0 Å². The number of nitrogen functional groups attached to an aromatic ring is 1. The number of carbonyl (C=O) groups is 2. The molecule has 1 aliphatic rings. The highest BCUT2D eigenvalue weighted by Gasteiger charge is 2.29. The molecule has 2 unspecified atom stereocenters. The van der Waals surface area contributed by atoms with E-state index in [1.54, 1.807) is 24.3 Å². The lowest BCUT2D eigenvalue weighted by molar-refractivity contribution is -0.126. The zero-order chi connectivity index (χ0) is 15.4. The average molecular weight is 290 g/mol. The van der Waals surface area contributed by atoms with Gasteiger partial charge in [-0.15, -0.1) is 0 Å². The summed E-state index contributed by atoms with van der Waals surface area (Å²) in [6.07, 6.45) is 1.67. The molecule has 2 rings (SSSR count). The average Bonchev–Trinajstić information content (AvgIpc) is 2.41. The highest BCUT2D eigenvalue weighted by molar-refractivity contribution is 5.92. The molecule has 2 amide bonds. The molecule has 0 aliphatic carbocycles. The summed E-state index contributed by atoms with van der Waals surface area (Å²) >= 11 is 0. The van der Waals surface area contributed by atoms with Crippen LogP contribution in [-0.2, 0) is 9.59 Å². The molecule has 0 aromatic heterocycles. The fourth-order valence-electron chi connectivity index (χ4n) is 2.63. The number of hydrogen-bond donors (Lipinski definition) is 3. The number of rotatable bonds is 4. The van der Waals surface area contributed by atoms with Gasteiger partial charge >= 0.3 is 0 Å². The number of nitrogens with zero attached hydrogens (tertiary/aromatic N) is 1. The van der Waals surface area contributed by atoms with Gasteiger partial charge in [0.25, 0.3) is 0 Å². The van der Waals surface area contributed by atoms with Crippen molar-refractivity contribution in [3.05, 3.63) is 24.3 Å². The lowest BCUT2D eigenvalue weighted by atomic mass is 9.93. The van der Waals surface area contributed by atoms with E-state index in [9.17, 15) is 9.59 Å². The molecule has 1 aromatic rings. The predicted molar refractivity (Wildman–Crippen MR) is 82.4 cm³/mol. The van der Waals surface area contributed by atoms with Gasteiger partial charge in [-0.25, -0.2) is 0 Å². The highest BCUT2D eigenvalue weighted by atomic mass is 16.2. The van der Waals surface area contributed by atoms with E-state index in [4.69, 9.17) is 11.5 Å². The second kappa shape index (κ2) is 6.58. The summed E-state index contributed by atoms with van der Waals surface area (Å²) < 4.78 is 0. The largest absolute Gasteiger partial charge is 0.399 e. The topological polar surface area (TPSA) is 101 Å². The van der Waals surface area contributed by atoms with E-state index in [0.29, 0.717) is 17.9 Å². The fourth-order valence-corrected chi connectivity index (χ4v) is 2.63. The van der Waals surface area contributed by atoms with Crippen LogP contribution in [0, 0.1) is 5.92 Å². The molecule has 1 saturated heterocycles. The Kier molecular flexibility index (Phi) is 4.80.